The second-order valence-corrected chi connectivity index (χ2v) is 4.63. The fraction of sp³-hybridized carbons (Fsp3) is 0.182. The topological polar surface area (TPSA) is 329 Å². The molecular weight excluding hydrogens is 500 g/mol. The number of amides is 6. The number of nitrogens with one attached hydrogen (secondary N) is 6. The summed E-state index contributed by atoms with van der Waals surface area (Å²) in [6.07, 6.45) is -8.39. The number of carbonyl (C=O) groups is 7. The number of hydrogen-bond acceptors (Lipinski definition) is 18. The van der Waals surface area contributed by atoms with Crippen molar-refractivity contribution in [2.24, 2.45) is 10.2 Å². The third-order valence-electron chi connectivity index (χ3n) is 2.25. The van der Waals surface area contributed by atoms with E-state index in [9.17, 15) is 48.3 Å². The van der Waals surface area contributed by atoms with E-state index in [4.69, 9.17) is 0 Å². The molecule has 0 aliphatic carbocycles. The van der Waals surface area contributed by atoms with Crippen molar-refractivity contribution in [3.8, 4) is 0 Å². The second kappa shape index (κ2) is 14.8. The van der Waals surface area contributed by atoms with E-state index < -0.39 is 48.3 Å². The molecule has 6 amide bonds. The van der Waals surface area contributed by atoms with Gasteiger partial charge in [-0.1, -0.05) is 10.2 Å². The fourth-order valence-corrected chi connectivity index (χ4v) is 1.08. The molecule has 0 saturated carbocycles. The second-order valence-electron chi connectivity index (χ2n) is 4.63. The lowest BCUT2D eigenvalue weighted by Gasteiger charge is -2.29. The molecule has 0 heterocycles. The zero-order chi connectivity index (χ0) is 26.9. The maximum atomic E-state index is 11.6. The summed E-state index contributed by atoms with van der Waals surface area (Å²) < 4.78 is 8.43. The predicted molar refractivity (Wildman–Crippen MR) is 87.4 cm³/mol. The number of nitrogens with zero attached hydrogens (tertiary/aromatic N) is 2. The van der Waals surface area contributed by atoms with Crippen LogP contribution < -0.4 is 37.7 Å². The van der Waals surface area contributed by atoms with Gasteiger partial charge < -0.3 is 19.4 Å². The zero-order valence-electron chi connectivity index (χ0n) is 16.4. The first kappa shape index (κ1) is 28.8. The minimum absolute atomic E-state index is 0.458. The Morgan fingerprint density at radius 3 is 1.26 bits per heavy atom. The fourth-order valence-electron chi connectivity index (χ4n) is 1.08. The van der Waals surface area contributed by atoms with Gasteiger partial charge in [-0.15, -0.1) is 0 Å². The van der Waals surface area contributed by atoms with Gasteiger partial charge in [0.15, 0.2) is 0 Å². The molecule has 0 spiro atoms. The van der Waals surface area contributed by atoms with E-state index in [1.165, 1.54) is 32.6 Å². The highest BCUT2D eigenvalue weighted by Gasteiger charge is 2.36. The molecule has 0 unspecified atom stereocenters. The van der Waals surface area contributed by atoms with Crippen LogP contribution in [0.1, 0.15) is 6.92 Å². The van der Waals surface area contributed by atoms with E-state index in [0.29, 0.717) is 6.92 Å². The van der Waals surface area contributed by atoms with Crippen LogP contribution in [0.3, 0.4) is 0 Å². The molecule has 6 N–H and O–H groups in total. The molecular formula is C11H9N8O16-. The lowest BCUT2D eigenvalue weighted by atomic mass is 10.3. The minimum Gasteiger partial charge on any atom is -0.543 e. The maximum absolute atomic E-state index is 11.6. The third kappa shape index (κ3) is 13.0. The summed E-state index contributed by atoms with van der Waals surface area (Å²) in [5.74, 6) is -5.53. The number of carboxylic acids is 1. The van der Waals surface area contributed by atoms with Gasteiger partial charge in [-0.25, -0.2) is 79.6 Å². The van der Waals surface area contributed by atoms with Crippen LogP contribution in [-0.4, -0.2) is 60.5 Å². The molecule has 0 aromatic carbocycles. The molecule has 0 bridgehead atoms. The number of carboxylic acid groups (broad SMARTS) is 1. The Balaban J connectivity index is 4.57. The summed E-state index contributed by atoms with van der Waals surface area (Å²) in [7, 11) is 0. The molecule has 35 heavy (non-hydrogen) atoms. The monoisotopic (exact) mass is 509 g/mol. The molecule has 0 aliphatic rings. The van der Waals surface area contributed by atoms with Gasteiger partial charge in [0.2, 0.25) is 0 Å². The molecule has 0 rings (SSSR count). The molecule has 0 radical (unpaired) electrons. The zero-order valence-corrected chi connectivity index (χ0v) is 16.4. The highest BCUT2D eigenvalue weighted by atomic mass is 17.2. The largest absolute Gasteiger partial charge is 0.543 e. The van der Waals surface area contributed by atoms with Crippen molar-refractivity contribution >= 4 is 54.7 Å². The van der Waals surface area contributed by atoms with Crippen molar-refractivity contribution in [2.75, 3.05) is 0 Å². The Labute approximate surface area is 188 Å². The summed E-state index contributed by atoms with van der Waals surface area (Å²) in [6.45, 7) is 0.458. The van der Waals surface area contributed by atoms with Crippen LogP contribution in [-0.2, 0) is 43.4 Å². The molecule has 0 aromatic heterocycles. The standard InChI is InChI=1S/C11H10N8O16/c1-11(4(22)23,30-5(24)16-18-9(28)34-32-7(26)14-12-2-20)31-6(25)17-19-10(29)35-33-8(27)15-13-3-21/h1H3,(H,14,26)(H,15,27)(H,16,24)(H,17,25)(H,18,28)(H,19,29)(H,22,23)/p-1. The van der Waals surface area contributed by atoms with Crippen molar-refractivity contribution in [3.05, 3.63) is 0 Å². The van der Waals surface area contributed by atoms with Gasteiger partial charge >= 0.3 is 36.6 Å². The maximum Gasteiger partial charge on any atom is 0.471 e. The van der Waals surface area contributed by atoms with Gasteiger partial charge in [0.05, 0.1) is 0 Å². The van der Waals surface area contributed by atoms with Crippen molar-refractivity contribution in [2.45, 2.75) is 12.7 Å². The lowest BCUT2D eigenvalue weighted by molar-refractivity contribution is -0.342. The Hall–Kier alpha value is -6.15. The Morgan fingerprint density at radius 2 is 0.943 bits per heavy atom. The number of isocyanates is 2. The van der Waals surface area contributed by atoms with E-state index in [2.05, 4.69) is 39.2 Å². The first-order valence-corrected chi connectivity index (χ1v) is 7.65. The average Bonchev–Trinajstić information content (AvgIpc) is 2.80. The van der Waals surface area contributed by atoms with E-state index in [-0.39, 0.29) is 0 Å². The van der Waals surface area contributed by atoms with Gasteiger partial charge in [0.25, 0.3) is 17.9 Å². The van der Waals surface area contributed by atoms with Crippen molar-refractivity contribution in [1.82, 2.24) is 32.6 Å². The van der Waals surface area contributed by atoms with Gasteiger partial charge in [-0.3, -0.25) is 0 Å². The number of carbonyl (C=O) groups excluding carboxylic acids is 9. The quantitative estimate of drug-likeness (QED) is 0.0675. The summed E-state index contributed by atoms with van der Waals surface area (Å²) in [5, 5.41) is 16.2. The highest BCUT2D eigenvalue weighted by Crippen LogP contribution is 2.12. The lowest BCUT2D eigenvalue weighted by Crippen LogP contribution is -2.57. The Bertz CT molecular complexity index is 887. The van der Waals surface area contributed by atoms with Crippen LogP contribution >= 0.6 is 0 Å². The SMILES string of the molecule is CC(OC(=O)NNC(=O)OOC(=O)NN=C=O)(OC(=O)NNC(=O)OOC(=O)NN=C=O)C(=O)[O-]. The number of ether oxygens (including phenoxy) is 2. The van der Waals surface area contributed by atoms with Gasteiger partial charge in [0, 0.05) is 6.92 Å². The van der Waals surface area contributed by atoms with E-state index in [0.717, 1.165) is 12.2 Å². The first-order chi connectivity index (χ1) is 16.4. The molecule has 0 fully saturated rings. The number of rotatable bonds is 5. The number of hydrazone groups is 2. The van der Waals surface area contributed by atoms with Crippen molar-refractivity contribution < 1.29 is 77.3 Å². The van der Waals surface area contributed by atoms with Crippen LogP contribution in [0.25, 0.3) is 0 Å². The molecule has 0 atom stereocenters. The summed E-state index contributed by atoms with van der Waals surface area (Å²) in [4.78, 5) is 113. The van der Waals surface area contributed by atoms with Gasteiger partial charge in [-0.2, -0.15) is 10.9 Å². The Kier molecular flexibility index (Phi) is 12.2. The minimum atomic E-state index is -3.20. The molecule has 24 heteroatoms. The van der Waals surface area contributed by atoms with Crippen molar-refractivity contribution in [3.63, 3.8) is 0 Å². The molecule has 0 aromatic rings. The predicted octanol–water partition coefficient (Wildman–Crippen LogP) is -4.03. The third-order valence-corrected chi connectivity index (χ3v) is 2.25. The first-order valence-electron chi connectivity index (χ1n) is 7.65. The summed E-state index contributed by atoms with van der Waals surface area (Å²) in [5.41, 5.74) is 8.21. The summed E-state index contributed by atoms with van der Waals surface area (Å²) in [6, 6.07) is 0. The number of hydrazine groups is 2. The smallest absolute Gasteiger partial charge is 0.471 e. The number of hydrogen-bond donors (Lipinski definition) is 6. The van der Waals surface area contributed by atoms with Crippen LogP contribution in [0.15, 0.2) is 10.2 Å². The van der Waals surface area contributed by atoms with Crippen molar-refractivity contribution in [1.29, 1.82) is 0 Å². The van der Waals surface area contributed by atoms with E-state index >= 15 is 0 Å². The van der Waals surface area contributed by atoms with E-state index in [1.54, 1.807) is 0 Å². The molecule has 0 aliphatic heterocycles. The highest BCUT2D eigenvalue weighted by molar-refractivity contribution is 5.82. The van der Waals surface area contributed by atoms with Crippen LogP contribution in [0.2, 0.25) is 0 Å². The van der Waals surface area contributed by atoms with Crippen LogP contribution in [0.5, 0.6) is 0 Å². The van der Waals surface area contributed by atoms with Gasteiger partial charge in [0.1, 0.15) is 5.97 Å². The van der Waals surface area contributed by atoms with Crippen LogP contribution in [0.4, 0.5) is 28.8 Å². The molecule has 24 nitrogen and oxygen atoms in total. The van der Waals surface area contributed by atoms with Crippen LogP contribution in [0, 0.1) is 0 Å². The summed E-state index contributed by atoms with van der Waals surface area (Å²) >= 11 is 0. The number of aliphatic carboxylic acids is 1. The normalized spacial score (nSPS) is 10.4. The average molecular weight is 509 g/mol. The molecule has 190 valence electrons. The van der Waals surface area contributed by atoms with Gasteiger partial charge in [-0.05, 0) is 0 Å². The van der Waals surface area contributed by atoms with E-state index in [1.807, 2.05) is 0 Å². The molecule has 0 saturated heterocycles. The Morgan fingerprint density at radius 1 is 0.629 bits per heavy atom.